The van der Waals surface area contributed by atoms with Crippen LogP contribution in [0.15, 0.2) is 30.9 Å². The van der Waals surface area contributed by atoms with Crippen molar-refractivity contribution in [2.24, 2.45) is 5.73 Å². The van der Waals surface area contributed by atoms with Gasteiger partial charge in [0.15, 0.2) is 0 Å². The van der Waals surface area contributed by atoms with Crippen molar-refractivity contribution in [2.45, 2.75) is 6.04 Å². The van der Waals surface area contributed by atoms with E-state index in [1.807, 2.05) is 0 Å². The minimum atomic E-state index is -1.04. The summed E-state index contributed by atoms with van der Waals surface area (Å²) in [6.07, 6.45) is 4.99. The lowest BCUT2D eigenvalue weighted by molar-refractivity contribution is -0.138. The van der Waals surface area contributed by atoms with E-state index < -0.39 is 12.0 Å². The third kappa shape index (κ3) is 1.23. The molecule has 5 nitrogen and oxygen atoms in total. The van der Waals surface area contributed by atoms with Gasteiger partial charge in [-0.2, -0.15) is 0 Å². The lowest BCUT2D eigenvalue weighted by Gasteiger charge is -2.07. The van der Waals surface area contributed by atoms with Crippen molar-refractivity contribution in [1.82, 2.24) is 9.38 Å². The van der Waals surface area contributed by atoms with Gasteiger partial charge in [-0.1, -0.05) is 6.07 Å². The molecule has 0 aliphatic heterocycles. The molecule has 0 radical (unpaired) electrons. The summed E-state index contributed by atoms with van der Waals surface area (Å²) < 4.78 is 1.73. The number of hydrogen-bond acceptors (Lipinski definition) is 3. The predicted molar refractivity (Wildman–Crippen MR) is 49.8 cm³/mol. The van der Waals surface area contributed by atoms with Gasteiger partial charge in [0.1, 0.15) is 6.04 Å². The number of nitrogens with zero attached hydrogens (tertiary/aromatic N) is 2. The number of carbonyl (C=O) groups is 1. The molecule has 0 amide bonds. The summed E-state index contributed by atoms with van der Waals surface area (Å²) in [5, 5.41) is 8.78. The van der Waals surface area contributed by atoms with Crippen LogP contribution >= 0.6 is 0 Å². The molecule has 0 fully saturated rings. The third-order valence-electron chi connectivity index (χ3n) is 2.09. The van der Waals surface area contributed by atoms with Crippen molar-refractivity contribution >= 4 is 11.5 Å². The highest BCUT2D eigenvalue weighted by Crippen LogP contribution is 2.16. The average Bonchev–Trinajstić information content (AvgIpc) is 2.63. The Morgan fingerprint density at radius 3 is 3.14 bits per heavy atom. The van der Waals surface area contributed by atoms with Crippen molar-refractivity contribution in [3.63, 3.8) is 0 Å². The molecule has 72 valence electrons. The minimum Gasteiger partial charge on any atom is -0.480 e. The third-order valence-corrected chi connectivity index (χ3v) is 2.09. The van der Waals surface area contributed by atoms with Crippen LogP contribution in [-0.2, 0) is 4.79 Å². The normalized spacial score (nSPS) is 12.9. The van der Waals surface area contributed by atoms with Crippen molar-refractivity contribution in [3.8, 4) is 0 Å². The highest BCUT2D eigenvalue weighted by Gasteiger charge is 2.16. The molecule has 0 aliphatic rings. The van der Waals surface area contributed by atoms with Crippen molar-refractivity contribution in [1.29, 1.82) is 0 Å². The quantitative estimate of drug-likeness (QED) is 0.720. The van der Waals surface area contributed by atoms with Gasteiger partial charge in [0.05, 0.1) is 18.0 Å². The highest BCUT2D eigenvalue weighted by molar-refractivity contribution is 5.78. The van der Waals surface area contributed by atoms with E-state index in [0.29, 0.717) is 5.56 Å². The Balaban J connectivity index is 2.61. The number of hydrogen-bond donors (Lipinski definition) is 2. The van der Waals surface area contributed by atoms with Crippen molar-refractivity contribution < 1.29 is 9.90 Å². The van der Waals surface area contributed by atoms with E-state index >= 15 is 0 Å². The number of fused-ring (bicyclic) bond motifs is 1. The number of carboxylic acids is 1. The predicted octanol–water partition coefficient (Wildman–Crippen LogP) is 0.419. The molecule has 0 saturated heterocycles. The topological polar surface area (TPSA) is 80.6 Å². The first-order valence-electron chi connectivity index (χ1n) is 4.09. The van der Waals surface area contributed by atoms with Gasteiger partial charge >= 0.3 is 5.97 Å². The molecular formula is C9H9N3O2. The van der Waals surface area contributed by atoms with E-state index in [1.54, 1.807) is 35.3 Å². The molecule has 1 unspecified atom stereocenters. The van der Waals surface area contributed by atoms with Gasteiger partial charge < -0.3 is 15.2 Å². The number of rotatable bonds is 2. The molecule has 2 aromatic heterocycles. The molecule has 5 heteroatoms. The van der Waals surface area contributed by atoms with Gasteiger partial charge in [-0.25, -0.2) is 4.98 Å². The Labute approximate surface area is 79.8 Å². The molecule has 2 rings (SSSR count). The van der Waals surface area contributed by atoms with E-state index in [4.69, 9.17) is 10.8 Å². The van der Waals surface area contributed by atoms with Crippen molar-refractivity contribution in [2.75, 3.05) is 0 Å². The summed E-state index contributed by atoms with van der Waals surface area (Å²) in [6, 6.07) is 2.43. The Hall–Kier alpha value is -1.88. The second-order valence-electron chi connectivity index (χ2n) is 2.97. The molecule has 0 aromatic carbocycles. The Kier molecular flexibility index (Phi) is 1.94. The summed E-state index contributed by atoms with van der Waals surface area (Å²) in [6.45, 7) is 0. The SMILES string of the molecule is NC(C(=O)O)c1cccn2cncc12. The van der Waals surface area contributed by atoms with Crippen LogP contribution in [0.25, 0.3) is 5.52 Å². The second-order valence-corrected chi connectivity index (χ2v) is 2.97. The van der Waals surface area contributed by atoms with Crippen LogP contribution in [-0.4, -0.2) is 20.5 Å². The number of nitrogens with two attached hydrogens (primary N) is 1. The monoisotopic (exact) mass is 191 g/mol. The Bertz CT molecular complexity index is 478. The maximum Gasteiger partial charge on any atom is 0.325 e. The average molecular weight is 191 g/mol. The van der Waals surface area contributed by atoms with E-state index in [1.165, 1.54) is 0 Å². The number of carboxylic acid groups (broad SMARTS) is 1. The molecule has 14 heavy (non-hydrogen) atoms. The second kappa shape index (κ2) is 3.12. The van der Waals surface area contributed by atoms with Gasteiger partial charge in [0, 0.05) is 11.8 Å². The molecule has 3 N–H and O–H groups in total. The van der Waals surface area contributed by atoms with Crippen molar-refractivity contribution in [3.05, 3.63) is 36.4 Å². The van der Waals surface area contributed by atoms with Crippen LogP contribution < -0.4 is 5.73 Å². The molecule has 1 atom stereocenters. The molecule has 0 spiro atoms. The van der Waals surface area contributed by atoms with Gasteiger partial charge in [-0.3, -0.25) is 4.79 Å². The fraction of sp³-hybridized carbons (Fsp3) is 0.111. The molecule has 0 aliphatic carbocycles. The standard InChI is InChI=1S/C9H9N3O2/c10-8(9(13)14)6-2-1-3-12-5-11-4-7(6)12/h1-5,8H,10H2,(H,13,14). The maximum atomic E-state index is 10.7. The minimum absolute atomic E-state index is 0.567. The number of aliphatic carboxylic acids is 1. The number of pyridine rings is 1. The first-order valence-corrected chi connectivity index (χ1v) is 4.09. The summed E-state index contributed by atoms with van der Waals surface area (Å²) in [5.74, 6) is -1.04. The molecule has 0 bridgehead atoms. The fourth-order valence-electron chi connectivity index (χ4n) is 1.37. The van der Waals surface area contributed by atoms with E-state index in [2.05, 4.69) is 4.98 Å². The number of imidazole rings is 1. The maximum absolute atomic E-state index is 10.7. The Morgan fingerprint density at radius 1 is 1.64 bits per heavy atom. The Morgan fingerprint density at radius 2 is 2.43 bits per heavy atom. The fourth-order valence-corrected chi connectivity index (χ4v) is 1.37. The highest BCUT2D eigenvalue weighted by atomic mass is 16.4. The summed E-state index contributed by atoms with van der Waals surface area (Å²) in [5.41, 5.74) is 6.81. The molecular weight excluding hydrogens is 182 g/mol. The van der Waals surface area contributed by atoms with Gasteiger partial charge in [-0.15, -0.1) is 0 Å². The molecule has 2 aromatic rings. The van der Waals surface area contributed by atoms with Crippen LogP contribution in [0.3, 0.4) is 0 Å². The first-order chi connectivity index (χ1) is 6.70. The van der Waals surface area contributed by atoms with Crippen LogP contribution in [0.2, 0.25) is 0 Å². The van der Waals surface area contributed by atoms with Gasteiger partial charge in [-0.05, 0) is 6.07 Å². The summed E-state index contributed by atoms with van der Waals surface area (Å²) in [7, 11) is 0. The van der Waals surface area contributed by atoms with E-state index in [-0.39, 0.29) is 0 Å². The largest absolute Gasteiger partial charge is 0.480 e. The number of aromatic nitrogens is 2. The van der Waals surface area contributed by atoms with E-state index in [9.17, 15) is 4.79 Å². The summed E-state index contributed by atoms with van der Waals surface area (Å²) >= 11 is 0. The zero-order chi connectivity index (χ0) is 10.1. The zero-order valence-corrected chi connectivity index (χ0v) is 7.29. The smallest absolute Gasteiger partial charge is 0.325 e. The van der Waals surface area contributed by atoms with Crippen LogP contribution in [0.4, 0.5) is 0 Å². The van der Waals surface area contributed by atoms with Crippen LogP contribution in [0.5, 0.6) is 0 Å². The lowest BCUT2D eigenvalue weighted by atomic mass is 10.1. The van der Waals surface area contributed by atoms with Crippen LogP contribution in [0.1, 0.15) is 11.6 Å². The molecule has 0 saturated carbocycles. The zero-order valence-electron chi connectivity index (χ0n) is 7.29. The van der Waals surface area contributed by atoms with Crippen LogP contribution in [0, 0.1) is 0 Å². The van der Waals surface area contributed by atoms with Gasteiger partial charge in [0.2, 0.25) is 0 Å². The summed E-state index contributed by atoms with van der Waals surface area (Å²) in [4.78, 5) is 14.6. The lowest BCUT2D eigenvalue weighted by Crippen LogP contribution is -2.21. The first kappa shape index (κ1) is 8.71. The van der Waals surface area contributed by atoms with E-state index in [0.717, 1.165) is 5.52 Å². The van der Waals surface area contributed by atoms with Gasteiger partial charge in [0.25, 0.3) is 0 Å². The molecule has 2 heterocycles.